The van der Waals surface area contributed by atoms with E-state index in [1.54, 1.807) is 6.07 Å². The molecule has 0 aliphatic carbocycles. The average Bonchev–Trinajstić information content (AvgIpc) is 2.64. The summed E-state index contributed by atoms with van der Waals surface area (Å²) in [7, 11) is 0. The van der Waals surface area contributed by atoms with E-state index in [2.05, 4.69) is 15.5 Å². The fourth-order valence-electron chi connectivity index (χ4n) is 1.31. The van der Waals surface area contributed by atoms with Gasteiger partial charge in [-0.05, 0) is 24.6 Å². The van der Waals surface area contributed by atoms with Gasteiger partial charge >= 0.3 is 0 Å². The first-order chi connectivity index (χ1) is 7.69. The van der Waals surface area contributed by atoms with Crippen LogP contribution >= 0.6 is 11.3 Å². The van der Waals surface area contributed by atoms with Gasteiger partial charge in [-0.1, -0.05) is 17.4 Å². The van der Waals surface area contributed by atoms with Crippen LogP contribution in [0, 0.1) is 12.7 Å². The van der Waals surface area contributed by atoms with Crippen molar-refractivity contribution in [1.82, 2.24) is 10.2 Å². The van der Waals surface area contributed by atoms with Crippen LogP contribution in [0.5, 0.6) is 0 Å². The molecule has 0 saturated heterocycles. The lowest BCUT2D eigenvalue weighted by Gasteiger charge is -2.07. The van der Waals surface area contributed by atoms with E-state index in [4.69, 9.17) is 5.73 Å². The molecule has 1 heterocycles. The van der Waals surface area contributed by atoms with E-state index in [9.17, 15) is 4.39 Å². The number of halogens is 1. The second-order valence-corrected chi connectivity index (χ2v) is 4.44. The summed E-state index contributed by atoms with van der Waals surface area (Å²) in [6.45, 7) is 2.21. The number of nitrogens with zero attached hydrogens (tertiary/aromatic N) is 2. The first-order valence-corrected chi connectivity index (χ1v) is 5.56. The molecule has 2 aromatic rings. The van der Waals surface area contributed by atoms with Crippen molar-refractivity contribution >= 4 is 22.2 Å². The van der Waals surface area contributed by atoms with E-state index in [-0.39, 0.29) is 5.82 Å². The largest absolute Gasteiger partial charge is 0.330 e. The van der Waals surface area contributed by atoms with Gasteiger partial charge in [-0.3, -0.25) is 0 Å². The summed E-state index contributed by atoms with van der Waals surface area (Å²) in [4.78, 5) is 0. The fraction of sp³-hybridized carbons (Fsp3) is 0.200. The Morgan fingerprint density at radius 2 is 2.25 bits per heavy atom. The molecule has 2 rings (SSSR count). The lowest BCUT2D eigenvalue weighted by molar-refractivity contribution is 0.627. The van der Waals surface area contributed by atoms with Gasteiger partial charge in [0.25, 0.3) is 0 Å². The molecule has 84 valence electrons. The molecule has 0 saturated carbocycles. The van der Waals surface area contributed by atoms with Crippen LogP contribution in [0.15, 0.2) is 18.2 Å². The average molecular weight is 238 g/mol. The molecular weight excluding hydrogens is 227 g/mol. The third-order valence-corrected chi connectivity index (χ3v) is 2.81. The first-order valence-electron chi connectivity index (χ1n) is 4.74. The van der Waals surface area contributed by atoms with Crippen LogP contribution in [-0.2, 0) is 6.54 Å². The van der Waals surface area contributed by atoms with Crippen molar-refractivity contribution in [2.24, 2.45) is 5.73 Å². The van der Waals surface area contributed by atoms with Crippen LogP contribution in [0.25, 0.3) is 0 Å². The van der Waals surface area contributed by atoms with Crippen molar-refractivity contribution in [3.05, 3.63) is 34.6 Å². The predicted octanol–water partition coefficient (Wildman–Crippen LogP) is 2.19. The molecule has 0 amide bonds. The number of rotatable bonds is 3. The van der Waals surface area contributed by atoms with E-state index in [1.165, 1.54) is 23.5 Å². The Kier molecular flexibility index (Phi) is 3.12. The molecule has 0 aliphatic heterocycles. The Bertz CT molecular complexity index is 497. The van der Waals surface area contributed by atoms with Crippen LogP contribution in [-0.4, -0.2) is 10.2 Å². The smallest absolute Gasteiger partial charge is 0.210 e. The molecular formula is C10H11FN4S. The Morgan fingerprint density at radius 1 is 1.44 bits per heavy atom. The number of hydrogen-bond acceptors (Lipinski definition) is 5. The van der Waals surface area contributed by atoms with Crippen molar-refractivity contribution in [1.29, 1.82) is 0 Å². The fourth-order valence-corrected chi connectivity index (χ4v) is 1.91. The zero-order valence-corrected chi connectivity index (χ0v) is 9.51. The van der Waals surface area contributed by atoms with Gasteiger partial charge in [0.1, 0.15) is 10.8 Å². The monoisotopic (exact) mass is 238 g/mol. The lowest BCUT2D eigenvalue weighted by Crippen LogP contribution is -2.02. The number of nitrogens with one attached hydrogen (secondary N) is 1. The van der Waals surface area contributed by atoms with Gasteiger partial charge in [0, 0.05) is 12.2 Å². The Balaban J connectivity index is 2.29. The van der Waals surface area contributed by atoms with E-state index in [0.717, 1.165) is 10.6 Å². The number of aryl methyl sites for hydroxylation is 1. The highest BCUT2D eigenvalue weighted by atomic mass is 32.1. The van der Waals surface area contributed by atoms with Gasteiger partial charge in [-0.2, -0.15) is 0 Å². The second kappa shape index (κ2) is 4.54. The van der Waals surface area contributed by atoms with E-state index in [0.29, 0.717) is 17.4 Å². The van der Waals surface area contributed by atoms with Crippen molar-refractivity contribution in [2.75, 3.05) is 5.32 Å². The summed E-state index contributed by atoms with van der Waals surface area (Å²) in [6.07, 6.45) is 0. The SMILES string of the molecule is Cc1nnc(Nc2cc(F)ccc2CN)s1. The maximum Gasteiger partial charge on any atom is 0.210 e. The van der Waals surface area contributed by atoms with Crippen molar-refractivity contribution in [3.8, 4) is 0 Å². The molecule has 1 aromatic carbocycles. The summed E-state index contributed by atoms with van der Waals surface area (Å²) >= 11 is 1.41. The van der Waals surface area contributed by atoms with Gasteiger partial charge in [0.2, 0.25) is 5.13 Å². The predicted molar refractivity (Wildman–Crippen MR) is 62.2 cm³/mol. The van der Waals surface area contributed by atoms with Crippen molar-refractivity contribution in [3.63, 3.8) is 0 Å². The topological polar surface area (TPSA) is 63.8 Å². The van der Waals surface area contributed by atoms with Crippen molar-refractivity contribution in [2.45, 2.75) is 13.5 Å². The van der Waals surface area contributed by atoms with Gasteiger partial charge in [-0.25, -0.2) is 4.39 Å². The molecule has 0 bridgehead atoms. The number of nitrogens with two attached hydrogens (primary N) is 1. The molecule has 0 aliphatic rings. The molecule has 0 spiro atoms. The quantitative estimate of drug-likeness (QED) is 0.860. The minimum atomic E-state index is -0.305. The van der Waals surface area contributed by atoms with Crippen LogP contribution in [0.2, 0.25) is 0 Å². The lowest BCUT2D eigenvalue weighted by atomic mass is 10.2. The molecule has 0 fully saturated rings. The van der Waals surface area contributed by atoms with Gasteiger partial charge in [0.05, 0.1) is 0 Å². The van der Waals surface area contributed by atoms with E-state index < -0.39 is 0 Å². The molecule has 0 radical (unpaired) electrons. The normalized spacial score (nSPS) is 10.4. The standard InChI is InChI=1S/C10H11FN4S/c1-6-14-15-10(16-6)13-9-4-8(11)3-2-7(9)5-12/h2-4H,5,12H2,1H3,(H,13,15). The summed E-state index contributed by atoms with van der Waals surface area (Å²) in [5.41, 5.74) is 7.04. The maximum atomic E-state index is 13.1. The Labute approximate surface area is 96.3 Å². The molecule has 0 atom stereocenters. The molecule has 3 N–H and O–H groups in total. The zero-order chi connectivity index (χ0) is 11.5. The second-order valence-electron chi connectivity index (χ2n) is 3.26. The van der Waals surface area contributed by atoms with Crippen molar-refractivity contribution < 1.29 is 4.39 Å². The third-order valence-electron chi connectivity index (χ3n) is 2.06. The highest BCUT2D eigenvalue weighted by Crippen LogP contribution is 2.23. The Morgan fingerprint density at radius 3 is 2.88 bits per heavy atom. The Hall–Kier alpha value is -1.53. The van der Waals surface area contributed by atoms with Crippen LogP contribution < -0.4 is 11.1 Å². The minimum Gasteiger partial charge on any atom is -0.330 e. The number of hydrogen-bond donors (Lipinski definition) is 2. The number of benzene rings is 1. The van der Waals surface area contributed by atoms with Crippen LogP contribution in [0.1, 0.15) is 10.6 Å². The number of anilines is 2. The van der Waals surface area contributed by atoms with Gasteiger partial charge < -0.3 is 11.1 Å². The van der Waals surface area contributed by atoms with E-state index >= 15 is 0 Å². The molecule has 16 heavy (non-hydrogen) atoms. The highest BCUT2D eigenvalue weighted by molar-refractivity contribution is 7.15. The first kappa shape index (κ1) is 11.0. The highest BCUT2D eigenvalue weighted by Gasteiger charge is 2.06. The third kappa shape index (κ3) is 2.34. The molecule has 4 nitrogen and oxygen atoms in total. The van der Waals surface area contributed by atoms with Crippen LogP contribution in [0.4, 0.5) is 15.2 Å². The zero-order valence-electron chi connectivity index (χ0n) is 8.70. The summed E-state index contributed by atoms with van der Waals surface area (Å²) in [5.74, 6) is -0.305. The van der Waals surface area contributed by atoms with Crippen LogP contribution in [0.3, 0.4) is 0 Å². The summed E-state index contributed by atoms with van der Waals surface area (Å²) < 4.78 is 13.1. The minimum absolute atomic E-state index is 0.305. The molecule has 0 unspecified atom stereocenters. The summed E-state index contributed by atoms with van der Waals surface area (Å²) in [5, 5.41) is 12.3. The number of aromatic nitrogens is 2. The van der Waals surface area contributed by atoms with Gasteiger partial charge in [-0.15, -0.1) is 10.2 Å². The molecule has 1 aromatic heterocycles. The molecule has 6 heteroatoms. The van der Waals surface area contributed by atoms with Gasteiger partial charge in [0.15, 0.2) is 0 Å². The van der Waals surface area contributed by atoms with E-state index in [1.807, 2.05) is 6.92 Å². The maximum absolute atomic E-state index is 13.1. The summed E-state index contributed by atoms with van der Waals surface area (Å²) in [6, 6.07) is 4.45.